The van der Waals surface area contributed by atoms with Gasteiger partial charge in [-0.25, -0.2) is 0 Å². The molecule has 1 amide bonds. The van der Waals surface area contributed by atoms with Crippen molar-refractivity contribution in [2.24, 2.45) is 0 Å². The van der Waals surface area contributed by atoms with E-state index in [4.69, 9.17) is 4.42 Å². The highest BCUT2D eigenvalue weighted by atomic mass is 16.4. The van der Waals surface area contributed by atoms with Gasteiger partial charge in [0.2, 0.25) is 11.8 Å². The van der Waals surface area contributed by atoms with Gasteiger partial charge in [0.15, 0.2) is 0 Å². The summed E-state index contributed by atoms with van der Waals surface area (Å²) in [6.07, 6.45) is 0.697. The standard InChI is InChI=1S/C18H25N7O2/c1-5-24-15(11-13(3)22-24)18-21-20-17(27-18)7-6-16(26)19-8-9-25-14(4)10-12(2)23-25/h10-11H,5-9H2,1-4H3,(H,19,26). The summed E-state index contributed by atoms with van der Waals surface area (Å²) in [5, 5.41) is 19.8. The summed E-state index contributed by atoms with van der Waals surface area (Å²) < 4.78 is 9.40. The first-order valence-electron chi connectivity index (χ1n) is 9.11. The first kappa shape index (κ1) is 18.8. The third kappa shape index (κ3) is 4.60. The number of carbonyl (C=O) groups excluding carboxylic acids is 1. The van der Waals surface area contributed by atoms with Crippen LogP contribution >= 0.6 is 0 Å². The number of hydrogen-bond acceptors (Lipinski definition) is 6. The molecule has 0 bridgehead atoms. The van der Waals surface area contributed by atoms with Crippen molar-refractivity contribution in [3.8, 4) is 11.6 Å². The van der Waals surface area contributed by atoms with E-state index >= 15 is 0 Å². The number of aryl methyl sites for hydroxylation is 5. The van der Waals surface area contributed by atoms with E-state index in [9.17, 15) is 4.79 Å². The minimum Gasteiger partial charge on any atom is -0.419 e. The molecule has 27 heavy (non-hydrogen) atoms. The molecule has 3 rings (SSSR count). The number of aromatic nitrogens is 6. The first-order chi connectivity index (χ1) is 13.0. The molecule has 0 spiro atoms. The maximum atomic E-state index is 12.0. The summed E-state index contributed by atoms with van der Waals surface area (Å²) in [6.45, 7) is 9.78. The van der Waals surface area contributed by atoms with Crippen LogP contribution < -0.4 is 5.32 Å². The van der Waals surface area contributed by atoms with Crippen molar-refractivity contribution in [2.45, 2.75) is 53.6 Å². The fraction of sp³-hybridized carbons (Fsp3) is 0.500. The Bertz CT molecular complexity index is 922. The van der Waals surface area contributed by atoms with E-state index in [1.54, 1.807) is 0 Å². The second-order valence-electron chi connectivity index (χ2n) is 6.49. The lowest BCUT2D eigenvalue weighted by molar-refractivity contribution is -0.121. The minimum atomic E-state index is -0.0503. The van der Waals surface area contributed by atoms with Crippen LogP contribution in [0.1, 0.15) is 36.3 Å². The zero-order valence-corrected chi connectivity index (χ0v) is 16.2. The lowest BCUT2D eigenvalue weighted by Crippen LogP contribution is -2.28. The first-order valence-corrected chi connectivity index (χ1v) is 9.11. The molecule has 144 valence electrons. The van der Waals surface area contributed by atoms with Gasteiger partial charge in [0, 0.05) is 31.6 Å². The van der Waals surface area contributed by atoms with Gasteiger partial charge < -0.3 is 9.73 Å². The quantitative estimate of drug-likeness (QED) is 0.648. The van der Waals surface area contributed by atoms with Crippen LogP contribution in [-0.4, -0.2) is 42.2 Å². The molecule has 0 aliphatic rings. The summed E-state index contributed by atoms with van der Waals surface area (Å²) in [5.41, 5.74) is 3.75. The van der Waals surface area contributed by atoms with Crippen LogP contribution in [0.25, 0.3) is 11.6 Å². The van der Waals surface area contributed by atoms with Crippen molar-refractivity contribution in [1.82, 2.24) is 35.1 Å². The zero-order chi connectivity index (χ0) is 19.4. The van der Waals surface area contributed by atoms with Crippen molar-refractivity contribution in [2.75, 3.05) is 6.54 Å². The van der Waals surface area contributed by atoms with E-state index in [2.05, 4.69) is 25.7 Å². The predicted molar refractivity (Wildman–Crippen MR) is 99.0 cm³/mol. The maximum Gasteiger partial charge on any atom is 0.265 e. The molecule has 0 saturated carbocycles. The molecule has 0 unspecified atom stereocenters. The fourth-order valence-corrected chi connectivity index (χ4v) is 2.93. The average Bonchev–Trinajstić information content (AvgIpc) is 3.32. The normalized spacial score (nSPS) is 11.1. The van der Waals surface area contributed by atoms with Crippen molar-refractivity contribution in [1.29, 1.82) is 0 Å². The fourth-order valence-electron chi connectivity index (χ4n) is 2.93. The molecule has 3 heterocycles. The summed E-state index contributed by atoms with van der Waals surface area (Å²) in [7, 11) is 0. The van der Waals surface area contributed by atoms with Gasteiger partial charge in [-0.05, 0) is 39.8 Å². The monoisotopic (exact) mass is 371 g/mol. The molecule has 0 radical (unpaired) electrons. The largest absolute Gasteiger partial charge is 0.419 e. The van der Waals surface area contributed by atoms with E-state index in [0.717, 1.165) is 29.3 Å². The number of nitrogens with one attached hydrogen (secondary N) is 1. The van der Waals surface area contributed by atoms with Crippen LogP contribution in [0, 0.1) is 20.8 Å². The Morgan fingerprint density at radius 1 is 1.11 bits per heavy atom. The van der Waals surface area contributed by atoms with Gasteiger partial charge in [0.1, 0.15) is 5.69 Å². The molecule has 9 heteroatoms. The number of carbonyl (C=O) groups is 1. The van der Waals surface area contributed by atoms with Gasteiger partial charge in [-0.1, -0.05) is 0 Å². The van der Waals surface area contributed by atoms with Gasteiger partial charge in [-0.3, -0.25) is 14.2 Å². The van der Waals surface area contributed by atoms with Gasteiger partial charge in [-0.2, -0.15) is 10.2 Å². The third-order valence-corrected chi connectivity index (χ3v) is 4.20. The Morgan fingerprint density at radius 3 is 2.56 bits per heavy atom. The second kappa shape index (κ2) is 8.15. The van der Waals surface area contributed by atoms with Crippen molar-refractivity contribution >= 4 is 5.91 Å². The lowest BCUT2D eigenvalue weighted by atomic mass is 10.3. The van der Waals surface area contributed by atoms with E-state index in [-0.39, 0.29) is 5.91 Å². The number of amides is 1. The van der Waals surface area contributed by atoms with Crippen molar-refractivity contribution in [3.63, 3.8) is 0 Å². The predicted octanol–water partition coefficient (Wildman–Crippen LogP) is 1.82. The van der Waals surface area contributed by atoms with E-state index < -0.39 is 0 Å². The van der Waals surface area contributed by atoms with Crippen molar-refractivity contribution in [3.05, 3.63) is 35.1 Å². The Morgan fingerprint density at radius 2 is 1.85 bits per heavy atom. The van der Waals surface area contributed by atoms with Crippen LogP contribution in [-0.2, 0) is 24.3 Å². The Hall–Kier alpha value is -2.97. The van der Waals surface area contributed by atoms with Gasteiger partial charge in [0.25, 0.3) is 5.89 Å². The Labute approximate surface area is 157 Å². The highest BCUT2D eigenvalue weighted by molar-refractivity contribution is 5.75. The van der Waals surface area contributed by atoms with E-state index in [1.807, 2.05) is 49.2 Å². The third-order valence-electron chi connectivity index (χ3n) is 4.20. The van der Waals surface area contributed by atoms with Crippen LogP contribution in [0.2, 0.25) is 0 Å². The molecule has 0 fully saturated rings. The molecule has 3 aromatic rings. The molecule has 9 nitrogen and oxygen atoms in total. The van der Waals surface area contributed by atoms with E-state index in [1.165, 1.54) is 0 Å². The van der Waals surface area contributed by atoms with Crippen LogP contribution in [0.4, 0.5) is 0 Å². The highest BCUT2D eigenvalue weighted by Gasteiger charge is 2.15. The topological polar surface area (TPSA) is 104 Å². The molecule has 0 aliphatic heterocycles. The van der Waals surface area contributed by atoms with E-state index in [0.29, 0.717) is 37.7 Å². The molecule has 0 aliphatic carbocycles. The second-order valence-corrected chi connectivity index (χ2v) is 6.49. The Kier molecular flexibility index (Phi) is 5.68. The molecule has 0 saturated heterocycles. The molecule has 3 aromatic heterocycles. The van der Waals surface area contributed by atoms with Crippen LogP contribution in [0.15, 0.2) is 16.5 Å². The van der Waals surface area contributed by atoms with Gasteiger partial charge in [-0.15, -0.1) is 10.2 Å². The molecule has 0 aromatic carbocycles. The van der Waals surface area contributed by atoms with Gasteiger partial charge >= 0.3 is 0 Å². The highest BCUT2D eigenvalue weighted by Crippen LogP contribution is 2.19. The lowest BCUT2D eigenvalue weighted by Gasteiger charge is -2.06. The molecular formula is C18H25N7O2. The summed E-state index contributed by atoms with van der Waals surface area (Å²) in [5.74, 6) is 0.823. The maximum absolute atomic E-state index is 12.0. The number of nitrogens with zero attached hydrogens (tertiary/aromatic N) is 6. The van der Waals surface area contributed by atoms with Gasteiger partial charge in [0.05, 0.1) is 17.9 Å². The van der Waals surface area contributed by atoms with Crippen LogP contribution in [0.5, 0.6) is 0 Å². The summed E-state index contributed by atoms with van der Waals surface area (Å²) in [6, 6.07) is 3.92. The number of rotatable bonds is 8. The summed E-state index contributed by atoms with van der Waals surface area (Å²) >= 11 is 0. The smallest absolute Gasteiger partial charge is 0.265 e. The Balaban J connectivity index is 1.48. The number of hydrogen-bond donors (Lipinski definition) is 1. The minimum absolute atomic E-state index is 0.0503. The molecule has 0 atom stereocenters. The molecule has 1 N–H and O–H groups in total. The molecular weight excluding hydrogens is 346 g/mol. The SMILES string of the molecule is CCn1nc(C)cc1-c1nnc(CCC(=O)NCCn2nc(C)cc2C)o1. The summed E-state index contributed by atoms with van der Waals surface area (Å²) in [4.78, 5) is 12.0. The van der Waals surface area contributed by atoms with Crippen molar-refractivity contribution < 1.29 is 9.21 Å². The average molecular weight is 371 g/mol. The zero-order valence-electron chi connectivity index (χ0n) is 16.2. The van der Waals surface area contributed by atoms with Crippen LogP contribution in [0.3, 0.4) is 0 Å².